The van der Waals surface area contributed by atoms with Crippen molar-refractivity contribution in [3.05, 3.63) is 35.4 Å². The van der Waals surface area contributed by atoms with Gasteiger partial charge in [0.05, 0.1) is 11.5 Å². The Balaban J connectivity index is 2.04. The van der Waals surface area contributed by atoms with Crippen LogP contribution in [0, 0.1) is 17.0 Å². The molecule has 1 heterocycles. The lowest BCUT2D eigenvalue weighted by atomic mass is 9.81. The molecule has 0 saturated carbocycles. The maximum absolute atomic E-state index is 13.2. The highest BCUT2D eigenvalue weighted by Crippen LogP contribution is 2.27. The average Bonchev–Trinajstić information content (AvgIpc) is 2.42. The molecule has 2 rings (SSSR count). The summed E-state index contributed by atoms with van der Waals surface area (Å²) in [6.45, 7) is 5.27. The second kappa shape index (κ2) is 5.87. The van der Waals surface area contributed by atoms with E-state index in [1.54, 1.807) is 6.92 Å². The van der Waals surface area contributed by atoms with Crippen molar-refractivity contribution in [2.75, 3.05) is 13.1 Å². The molecule has 1 aliphatic heterocycles. The van der Waals surface area contributed by atoms with E-state index in [-0.39, 0.29) is 11.9 Å². The smallest absolute Gasteiger partial charge is 0.227 e. The van der Waals surface area contributed by atoms with Crippen LogP contribution in [-0.4, -0.2) is 19.0 Å². The van der Waals surface area contributed by atoms with E-state index in [1.807, 2.05) is 6.92 Å². The number of amides is 1. The summed E-state index contributed by atoms with van der Waals surface area (Å²) in [5, 5.41) is 6.10. The predicted molar refractivity (Wildman–Crippen MR) is 73.1 cm³/mol. The van der Waals surface area contributed by atoms with Gasteiger partial charge in [-0.15, -0.1) is 0 Å². The first-order valence-corrected chi connectivity index (χ1v) is 6.89. The third-order valence-electron chi connectivity index (χ3n) is 3.94. The van der Waals surface area contributed by atoms with Crippen molar-refractivity contribution in [3.63, 3.8) is 0 Å². The largest absolute Gasteiger partial charge is 0.349 e. The van der Waals surface area contributed by atoms with Gasteiger partial charge < -0.3 is 10.6 Å². The summed E-state index contributed by atoms with van der Waals surface area (Å²) in [4.78, 5) is 12.3. The molecule has 0 bridgehead atoms. The number of carbonyl (C=O) groups excluding carboxylic acids is 1. The molecule has 1 saturated heterocycles. The number of hydrogen-bond donors (Lipinski definition) is 2. The standard InChI is InChI=1S/C15H20F2N2O/c1-10(11-4-5-12(16)13(17)8-11)19-14(20)15(2)6-3-7-18-9-15/h4-5,8,10,18H,3,6-7,9H2,1-2H3,(H,19,20). The van der Waals surface area contributed by atoms with Crippen molar-refractivity contribution in [2.45, 2.75) is 32.7 Å². The first-order chi connectivity index (χ1) is 9.42. The number of piperidine rings is 1. The van der Waals surface area contributed by atoms with Crippen molar-refractivity contribution < 1.29 is 13.6 Å². The first kappa shape index (κ1) is 14.9. The summed E-state index contributed by atoms with van der Waals surface area (Å²) >= 11 is 0. The Morgan fingerprint density at radius 2 is 2.15 bits per heavy atom. The van der Waals surface area contributed by atoms with Crippen molar-refractivity contribution >= 4 is 5.91 Å². The lowest BCUT2D eigenvalue weighted by Gasteiger charge is -2.33. The lowest BCUT2D eigenvalue weighted by molar-refractivity contribution is -0.131. The topological polar surface area (TPSA) is 41.1 Å². The fourth-order valence-electron chi connectivity index (χ4n) is 2.49. The summed E-state index contributed by atoms with van der Waals surface area (Å²) in [5.74, 6) is -1.83. The Morgan fingerprint density at radius 1 is 1.40 bits per heavy atom. The van der Waals surface area contributed by atoms with Crippen LogP contribution < -0.4 is 10.6 Å². The molecule has 1 amide bonds. The molecule has 2 N–H and O–H groups in total. The molecule has 0 aromatic heterocycles. The maximum Gasteiger partial charge on any atom is 0.227 e. The number of rotatable bonds is 3. The van der Waals surface area contributed by atoms with Gasteiger partial charge in [-0.2, -0.15) is 0 Å². The molecule has 0 aliphatic carbocycles. The normalized spacial score (nSPS) is 24.2. The van der Waals surface area contributed by atoms with Gasteiger partial charge in [-0.25, -0.2) is 8.78 Å². The van der Waals surface area contributed by atoms with E-state index in [2.05, 4.69) is 10.6 Å². The molecule has 20 heavy (non-hydrogen) atoms. The quantitative estimate of drug-likeness (QED) is 0.894. The van der Waals surface area contributed by atoms with Gasteiger partial charge in [-0.1, -0.05) is 6.07 Å². The van der Waals surface area contributed by atoms with Crippen LogP contribution in [0.2, 0.25) is 0 Å². The van der Waals surface area contributed by atoms with Gasteiger partial charge >= 0.3 is 0 Å². The molecule has 0 spiro atoms. The fraction of sp³-hybridized carbons (Fsp3) is 0.533. The molecule has 2 unspecified atom stereocenters. The average molecular weight is 282 g/mol. The summed E-state index contributed by atoms with van der Waals surface area (Å²) < 4.78 is 26.1. The minimum Gasteiger partial charge on any atom is -0.349 e. The zero-order valence-electron chi connectivity index (χ0n) is 11.8. The molecular formula is C15H20F2N2O. The van der Waals surface area contributed by atoms with E-state index in [9.17, 15) is 13.6 Å². The summed E-state index contributed by atoms with van der Waals surface area (Å²) in [6.07, 6.45) is 1.79. The molecule has 110 valence electrons. The van der Waals surface area contributed by atoms with Crippen LogP contribution in [0.5, 0.6) is 0 Å². The second-order valence-electron chi connectivity index (χ2n) is 5.71. The van der Waals surface area contributed by atoms with Crippen molar-refractivity contribution in [3.8, 4) is 0 Å². The Morgan fingerprint density at radius 3 is 2.75 bits per heavy atom. The monoisotopic (exact) mass is 282 g/mol. The van der Waals surface area contributed by atoms with Crippen LogP contribution >= 0.6 is 0 Å². The molecule has 5 heteroatoms. The predicted octanol–water partition coefficient (Wildman–Crippen LogP) is 2.53. The lowest BCUT2D eigenvalue weighted by Crippen LogP contribution is -2.49. The van der Waals surface area contributed by atoms with Crippen LogP contribution in [0.1, 0.15) is 38.3 Å². The van der Waals surface area contributed by atoms with Gasteiger partial charge in [0.25, 0.3) is 0 Å². The third-order valence-corrected chi connectivity index (χ3v) is 3.94. The highest BCUT2D eigenvalue weighted by atomic mass is 19.2. The summed E-state index contributed by atoms with van der Waals surface area (Å²) in [7, 11) is 0. The molecule has 1 aromatic rings. The van der Waals surface area contributed by atoms with Gasteiger partial charge in [-0.05, 0) is 50.9 Å². The van der Waals surface area contributed by atoms with Gasteiger partial charge in [0.2, 0.25) is 5.91 Å². The van der Waals surface area contributed by atoms with Crippen LogP contribution in [0.3, 0.4) is 0 Å². The SMILES string of the molecule is CC(NC(=O)C1(C)CCCNC1)c1ccc(F)c(F)c1. The highest BCUT2D eigenvalue weighted by molar-refractivity contribution is 5.83. The molecule has 3 nitrogen and oxygen atoms in total. The van der Waals surface area contributed by atoms with E-state index < -0.39 is 17.0 Å². The van der Waals surface area contributed by atoms with E-state index in [0.717, 1.165) is 31.5 Å². The third kappa shape index (κ3) is 3.15. The second-order valence-corrected chi connectivity index (χ2v) is 5.71. The van der Waals surface area contributed by atoms with E-state index in [1.165, 1.54) is 6.07 Å². The number of halogens is 2. The molecule has 0 radical (unpaired) electrons. The van der Waals surface area contributed by atoms with E-state index in [4.69, 9.17) is 0 Å². The van der Waals surface area contributed by atoms with Gasteiger partial charge in [0.15, 0.2) is 11.6 Å². The van der Waals surface area contributed by atoms with Gasteiger partial charge in [0, 0.05) is 6.54 Å². The Bertz CT molecular complexity index is 499. The number of benzene rings is 1. The summed E-state index contributed by atoms with van der Waals surface area (Å²) in [5.41, 5.74) is 0.120. The molecule has 1 aliphatic rings. The molecule has 1 fully saturated rings. The Labute approximate surface area is 117 Å². The highest BCUT2D eigenvalue weighted by Gasteiger charge is 2.35. The minimum atomic E-state index is -0.894. The minimum absolute atomic E-state index is 0.0538. The summed E-state index contributed by atoms with van der Waals surface area (Å²) in [6, 6.07) is 3.35. The van der Waals surface area contributed by atoms with E-state index >= 15 is 0 Å². The van der Waals surface area contributed by atoms with Crippen LogP contribution in [0.25, 0.3) is 0 Å². The van der Waals surface area contributed by atoms with Crippen molar-refractivity contribution in [1.82, 2.24) is 10.6 Å². The van der Waals surface area contributed by atoms with Crippen LogP contribution in [-0.2, 0) is 4.79 Å². The van der Waals surface area contributed by atoms with Gasteiger partial charge in [-0.3, -0.25) is 4.79 Å². The molecule has 1 aromatic carbocycles. The van der Waals surface area contributed by atoms with Crippen LogP contribution in [0.15, 0.2) is 18.2 Å². The number of carbonyl (C=O) groups is 1. The van der Waals surface area contributed by atoms with Gasteiger partial charge in [0.1, 0.15) is 0 Å². The van der Waals surface area contributed by atoms with Crippen molar-refractivity contribution in [2.24, 2.45) is 5.41 Å². The maximum atomic E-state index is 13.2. The molecular weight excluding hydrogens is 262 g/mol. The fourth-order valence-corrected chi connectivity index (χ4v) is 2.49. The van der Waals surface area contributed by atoms with Crippen LogP contribution in [0.4, 0.5) is 8.78 Å². The first-order valence-electron chi connectivity index (χ1n) is 6.89. The zero-order valence-corrected chi connectivity index (χ0v) is 11.8. The number of hydrogen-bond acceptors (Lipinski definition) is 2. The number of nitrogens with one attached hydrogen (secondary N) is 2. The molecule has 2 atom stereocenters. The van der Waals surface area contributed by atoms with E-state index in [0.29, 0.717) is 12.1 Å². The Kier molecular flexibility index (Phi) is 4.38. The zero-order chi connectivity index (χ0) is 14.8. The van der Waals surface area contributed by atoms with Crippen molar-refractivity contribution in [1.29, 1.82) is 0 Å². The Hall–Kier alpha value is -1.49.